The molecule has 1 heterocycles. The van der Waals surface area contributed by atoms with Crippen molar-refractivity contribution in [3.8, 4) is 0 Å². The molecule has 21 aliphatic rings. The van der Waals surface area contributed by atoms with Crippen LogP contribution in [0.1, 0.15) is 428 Å². The third-order valence-electron chi connectivity index (χ3n) is 55.7. The molecular formula is C129H202Cl2O15. The van der Waals surface area contributed by atoms with Crippen molar-refractivity contribution >= 4 is 64.6 Å². The van der Waals surface area contributed by atoms with E-state index >= 15 is 0 Å². The van der Waals surface area contributed by atoms with E-state index in [2.05, 4.69) is 172 Å². The zero-order valence-electron chi connectivity index (χ0n) is 95.8. The predicted octanol–water partition coefficient (Wildman–Crippen LogP) is 30.1. The molecule has 0 aromatic rings. The Hall–Kier alpha value is -3.41. The number of carboxylic acids is 2. The lowest BCUT2D eigenvalue weighted by Gasteiger charge is -2.72. The van der Waals surface area contributed by atoms with Crippen LogP contribution in [0.4, 0.5) is 0 Å². The minimum atomic E-state index is -0.981. The molecule has 0 aromatic heterocycles. The van der Waals surface area contributed by atoms with Crippen molar-refractivity contribution in [2.45, 2.75) is 440 Å². The maximum Gasteiger partial charge on any atom is 0.331 e. The molecule has 0 bridgehead atoms. The lowest BCUT2D eigenvalue weighted by molar-refractivity contribution is -0.245. The molecule has 0 amide bonds. The smallest absolute Gasteiger partial charge is 0.331 e. The Morgan fingerprint density at radius 2 is 0.733 bits per heavy atom. The van der Waals surface area contributed by atoms with Gasteiger partial charge in [0.1, 0.15) is 29.4 Å². The minimum absolute atomic E-state index is 0.00731. The number of fused-ring (bicyclic) bond motifs is 28. The summed E-state index contributed by atoms with van der Waals surface area (Å²) in [5.74, 6) is 9.06. The summed E-state index contributed by atoms with van der Waals surface area (Å²) in [5.41, 5.74) is 4.71. The summed E-state index contributed by atoms with van der Waals surface area (Å²) in [7, 11) is 3.42. The van der Waals surface area contributed by atoms with Crippen molar-refractivity contribution in [3.05, 3.63) is 48.6 Å². The largest absolute Gasteiger partial charge is 0.481 e. The fourth-order valence-electron chi connectivity index (χ4n) is 47.2. The third-order valence-corrected chi connectivity index (χ3v) is 55.7. The van der Waals surface area contributed by atoms with Gasteiger partial charge in [0.2, 0.25) is 0 Å². The van der Waals surface area contributed by atoms with Crippen molar-refractivity contribution < 1.29 is 72.9 Å². The number of allylic oxidation sites excluding steroid dienone is 1. The summed E-state index contributed by atoms with van der Waals surface area (Å²) < 4.78 is 24.0. The summed E-state index contributed by atoms with van der Waals surface area (Å²) in [6.07, 6.45) is 48.7. The fourth-order valence-corrected chi connectivity index (χ4v) is 47.2. The number of halogens is 2. The van der Waals surface area contributed by atoms with Crippen LogP contribution in [0.25, 0.3) is 0 Å². The number of hydrogen-bond acceptors (Lipinski definition) is 13. The number of aldehydes is 1. The molecule has 17 heteroatoms. The quantitative estimate of drug-likeness (QED) is 0.0370. The van der Waals surface area contributed by atoms with E-state index in [9.17, 15) is 54.0 Å². The second kappa shape index (κ2) is 39.4. The number of methoxy groups -OCH3 is 2. The van der Waals surface area contributed by atoms with Gasteiger partial charge >= 0.3 is 11.9 Å². The Bertz CT molecular complexity index is 4990. The van der Waals surface area contributed by atoms with Gasteiger partial charge in [0, 0.05) is 80.3 Å². The first kappa shape index (κ1) is 114. The zero-order valence-corrected chi connectivity index (χ0v) is 97.3. The van der Waals surface area contributed by atoms with Crippen LogP contribution in [0, 0.1) is 227 Å². The number of carbonyl (C=O) groups is 7. The molecule has 20 aliphatic carbocycles. The molecule has 1 unspecified atom stereocenters. The number of hydrogen-bond donors (Lipinski definition) is 4. The number of aliphatic carboxylic acids is 2. The highest BCUT2D eigenvalue weighted by atomic mass is 35.5. The van der Waals surface area contributed by atoms with Crippen molar-refractivity contribution in [2.75, 3.05) is 46.0 Å². The van der Waals surface area contributed by atoms with Crippen LogP contribution in [-0.2, 0) is 52.5 Å². The monoisotopic (exact) mass is 2060 g/mol. The van der Waals surface area contributed by atoms with E-state index in [4.69, 9.17) is 42.1 Å². The second-order valence-electron chi connectivity index (χ2n) is 59.9. The first-order valence-corrected chi connectivity index (χ1v) is 60.8. The molecule has 1 saturated heterocycles. The number of ether oxygens (including phenoxy) is 4. The minimum Gasteiger partial charge on any atom is -0.481 e. The number of carbonyl (C=O) groups excluding carboxylic acids is 5. The Kier molecular flexibility index (Phi) is 30.7. The van der Waals surface area contributed by atoms with Crippen LogP contribution in [0.15, 0.2) is 48.6 Å². The Morgan fingerprint density at radius 1 is 0.390 bits per heavy atom. The van der Waals surface area contributed by atoms with Gasteiger partial charge in [0.15, 0.2) is 12.6 Å². The highest BCUT2D eigenvalue weighted by Crippen LogP contribution is 2.85. The molecule has 146 heavy (non-hydrogen) atoms. The molecule has 15 nitrogen and oxygen atoms in total. The van der Waals surface area contributed by atoms with Crippen LogP contribution in [0.2, 0.25) is 0 Å². The third kappa shape index (κ3) is 16.2. The summed E-state index contributed by atoms with van der Waals surface area (Å²) in [6.45, 7) is 70.3. The Balaban J connectivity index is 0.000000132. The molecule has 21 rings (SSSR count). The number of aliphatic hydroxyl groups excluding tert-OH is 2. The van der Waals surface area contributed by atoms with E-state index in [1.807, 2.05) is 0 Å². The van der Waals surface area contributed by atoms with Gasteiger partial charge in [-0.15, -0.1) is 23.2 Å². The lowest BCUT2D eigenvalue weighted by Crippen LogP contribution is -2.66. The summed E-state index contributed by atoms with van der Waals surface area (Å²) in [6, 6.07) is 0. The first-order valence-electron chi connectivity index (χ1n) is 59.7. The van der Waals surface area contributed by atoms with Gasteiger partial charge in [-0.25, -0.2) is 4.79 Å². The standard InChI is InChI=1S/C35H56O4.C32H52O4.C31H48O2.C30H44O5.CH2Cl2/c1-23(21-36)24-12-17-35(22-39-29-9-7-8-20-38-29)19-18-33(5)25(30(24)35)10-11-27-32(4)15-14-28(37)31(2,3)26(32)13-16-34(27,33)6;1-20(27(35-7)36-8)21-11-16-32(19-33)18-17-30(5)22(26(21)32)9-10-24-29(4)14-13-25(34)28(2,3)23(29)12-15-31(24,30)6;1-8-31-16-11-21(20(2)19-32)26(31)22-9-10-24-28(5)14-13-25(33)27(3,4)23(28)12-15-30(24,7)29(22,6)17-18-31;1-17(24(32)33)18-9-14-30(25(34)35)16-15-28(5)19(23(18)30)7-8-21-27(4)12-11-22(31)26(2,3)20(27)10-13-29(21,28)6;2-1-3/h24-27,29-30,36H,1,7-22H2,2-6H3;21-24,26-27,33H,1,9-19H2,2-8H3;19,21-24,26H,2,8-18H2,1,3-7H3;18-21,23H,1,7-16H2,2-6H3,(H,32,33)(H,34,35);1H2/t24-,25+,26-,27+,29?,30+,32-,33+,34+,35+;21-,22+,23-,24+,26+,29-,30+,31+,32+;21-,22+,23-,24+,26+,28-,29+,30+,31+;18-,19+,20-,21+,23+,27-,28+,29+,30-;/m0000./s1. The molecule has 0 radical (unpaired) electrons. The van der Waals surface area contributed by atoms with Gasteiger partial charge in [0.25, 0.3) is 0 Å². The van der Waals surface area contributed by atoms with Crippen molar-refractivity contribution in [1.82, 2.24) is 0 Å². The average Bonchev–Trinajstić information content (AvgIpc) is 1.16. The Labute approximate surface area is 893 Å². The van der Waals surface area contributed by atoms with Gasteiger partial charge in [-0.05, 0) is 467 Å². The van der Waals surface area contributed by atoms with E-state index in [1.165, 1.54) is 141 Å². The average molecular weight is 2060 g/mol. The zero-order chi connectivity index (χ0) is 107. The molecule has 21 fully saturated rings. The Morgan fingerprint density at radius 3 is 1.09 bits per heavy atom. The molecule has 0 aromatic carbocycles. The summed E-state index contributed by atoms with van der Waals surface area (Å²) in [5, 5.41) is 41.6. The molecule has 20 saturated carbocycles. The molecule has 822 valence electrons. The molecule has 1 aliphatic heterocycles. The van der Waals surface area contributed by atoms with E-state index in [0.29, 0.717) is 166 Å². The van der Waals surface area contributed by atoms with Crippen LogP contribution < -0.4 is 0 Å². The van der Waals surface area contributed by atoms with Crippen LogP contribution in [-0.4, -0.2) is 120 Å². The number of Topliss-reactive ketones (excluding diaryl/α,β-unsaturated/α-hetero) is 4. The van der Waals surface area contributed by atoms with E-state index in [0.717, 1.165) is 152 Å². The van der Waals surface area contributed by atoms with Gasteiger partial charge in [-0.2, -0.15) is 0 Å². The molecule has 37 atom stereocenters. The van der Waals surface area contributed by atoms with Crippen LogP contribution in [0.3, 0.4) is 0 Å². The van der Waals surface area contributed by atoms with E-state index in [-0.39, 0.29) is 141 Å². The predicted molar refractivity (Wildman–Crippen MR) is 583 cm³/mol. The van der Waals surface area contributed by atoms with Crippen LogP contribution in [0.5, 0.6) is 0 Å². The van der Waals surface area contributed by atoms with Crippen molar-refractivity contribution in [1.29, 1.82) is 0 Å². The maximum atomic E-state index is 13.1. The number of alkyl halides is 2. The van der Waals surface area contributed by atoms with Crippen molar-refractivity contribution in [3.63, 3.8) is 0 Å². The van der Waals surface area contributed by atoms with E-state index < -0.39 is 17.4 Å². The van der Waals surface area contributed by atoms with Gasteiger partial charge in [-0.1, -0.05) is 178 Å². The van der Waals surface area contributed by atoms with Gasteiger partial charge in [-0.3, -0.25) is 28.8 Å². The molecule has 0 spiro atoms. The highest BCUT2D eigenvalue weighted by molar-refractivity contribution is 6.40. The number of aliphatic hydroxyl groups is 2. The highest BCUT2D eigenvalue weighted by Gasteiger charge is 2.79. The lowest BCUT2D eigenvalue weighted by atomic mass is 9.32. The number of rotatable bonds is 16. The molecule has 4 N–H and O–H groups in total. The SMILES string of the molecule is C=C(C(=O)O)[C@@H]1CC[C@]2(C(=O)O)CC[C@]3(C)[C@H](CC[C@@H]4[C@@]5(C)CCC(=O)C(C)(C)[C@@H]5CC[C@]43C)[C@@H]12.C=C(C(OC)OC)[C@@H]1CC[C@]2(CO)CC[C@]3(C)[C@H](CC[C@@H]4[C@@]5(C)CCC(=O)C(C)(C)[C@@H]5CC[C@]43C)[C@@H]12.C=C(C=O)[C@@H]1CC[C@]2(CC)CC[C@]3(C)[C@H](CC[C@@H]4[C@@]5(C)CCC(=O)C(C)(C)[C@@H]5CC[C@]43C)[C@@H]12.C=C(CO)[C@@H]1CC[C@]2(COC3CCCCO3)CC[C@]3(C)[C@H](CC[C@@H]4[C@@]5(C)CCC(=O)C(C)(C)[C@@H]5CC[C@]43C)[C@@H]12.ClCCl. The number of ketones is 4. The second-order valence-corrected chi connectivity index (χ2v) is 60.7. The maximum absolute atomic E-state index is 13.1. The first-order chi connectivity index (χ1) is 68.3. The molecular weight excluding hydrogens is 1860 g/mol. The topological polar surface area (TPSA) is 237 Å². The van der Waals surface area contributed by atoms with Gasteiger partial charge < -0.3 is 39.4 Å². The van der Waals surface area contributed by atoms with Gasteiger partial charge in [0.05, 0.1) is 24.0 Å². The summed E-state index contributed by atoms with van der Waals surface area (Å²) in [4.78, 5) is 88.5. The van der Waals surface area contributed by atoms with E-state index in [1.54, 1.807) is 14.2 Å². The fraction of sp³-hybridized carbons (Fsp3) is 0.884. The van der Waals surface area contributed by atoms with Crippen molar-refractivity contribution in [2.24, 2.45) is 227 Å². The number of carboxylic acid groups (broad SMARTS) is 2. The normalized spacial score (nSPS) is 50.0. The van der Waals surface area contributed by atoms with Crippen LogP contribution >= 0.6 is 23.2 Å². The summed E-state index contributed by atoms with van der Waals surface area (Å²) >= 11 is 9.53.